The molecule has 12 aromatic rings. The number of pyridine rings is 1. The summed E-state index contributed by atoms with van der Waals surface area (Å²) in [5, 5.41) is 9.99. The molecule has 61 heavy (non-hydrogen) atoms. The maximum Gasteiger partial charge on any atom is 0.164 e. The fraction of sp³-hybridized carbons (Fsp3) is 0. The van der Waals surface area contributed by atoms with Gasteiger partial charge in [0, 0.05) is 45.5 Å². The highest BCUT2D eigenvalue weighted by Gasteiger charge is 2.18. The lowest BCUT2D eigenvalue weighted by Crippen LogP contribution is -2.00. The van der Waals surface area contributed by atoms with Crippen molar-refractivity contribution in [2.45, 2.75) is 0 Å². The van der Waals surface area contributed by atoms with Crippen LogP contribution in [0, 0.1) is 0 Å². The van der Waals surface area contributed by atoms with Gasteiger partial charge in [-0.1, -0.05) is 158 Å². The highest BCUT2D eigenvalue weighted by molar-refractivity contribution is 6.29. The second kappa shape index (κ2) is 14.2. The van der Waals surface area contributed by atoms with E-state index in [0.29, 0.717) is 17.5 Å². The van der Waals surface area contributed by atoms with Crippen LogP contribution >= 0.6 is 0 Å². The number of fused-ring (bicyclic) bond motifs is 9. The van der Waals surface area contributed by atoms with Crippen molar-refractivity contribution in [3.05, 3.63) is 213 Å². The average Bonchev–Trinajstić information content (AvgIpc) is 3.67. The summed E-state index contributed by atoms with van der Waals surface area (Å²) in [5.41, 5.74) is 10.8. The minimum absolute atomic E-state index is 0.626. The Morgan fingerprint density at radius 1 is 0.279 bits per heavy atom. The number of aromatic nitrogens is 5. The van der Waals surface area contributed by atoms with Crippen LogP contribution in [0.4, 0.5) is 0 Å². The molecule has 0 radical (unpaired) electrons. The van der Waals surface area contributed by atoms with E-state index in [1.54, 1.807) is 6.20 Å². The molecule has 0 aliphatic heterocycles. The van der Waals surface area contributed by atoms with Gasteiger partial charge in [0.2, 0.25) is 0 Å². The Kier molecular flexibility index (Phi) is 8.10. The summed E-state index contributed by atoms with van der Waals surface area (Å²) in [5.74, 6) is 1.89. The van der Waals surface area contributed by atoms with Gasteiger partial charge in [0.1, 0.15) is 0 Å². The minimum atomic E-state index is 0.626. The number of hydrogen-bond donors (Lipinski definition) is 0. The maximum atomic E-state index is 5.03. The zero-order valence-electron chi connectivity index (χ0n) is 32.9. The van der Waals surface area contributed by atoms with E-state index in [1.165, 1.54) is 54.1 Å². The van der Waals surface area contributed by atoms with Crippen molar-refractivity contribution in [1.29, 1.82) is 0 Å². The number of para-hydroxylation sites is 2. The van der Waals surface area contributed by atoms with Gasteiger partial charge < -0.3 is 4.57 Å². The molecule has 0 saturated heterocycles. The van der Waals surface area contributed by atoms with Crippen molar-refractivity contribution in [2.24, 2.45) is 0 Å². The van der Waals surface area contributed by atoms with E-state index in [4.69, 9.17) is 15.0 Å². The normalized spacial score (nSPS) is 11.6. The molecular weight excluding hydrogens is 743 g/mol. The molecule has 5 heteroatoms. The molecule has 284 valence electrons. The van der Waals surface area contributed by atoms with E-state index in [0.717, 1.165) is 44.6 Å². The van der Waals surface area contributed by atoms with E-state index >= 15 is 0 Å². The summed E-state index contributed by atoms with van der Waals surface area (Å²) in [6.07, 6.45) is 3.66. The van der Waals surface area contributed by atoms with Gasteiger partial charge in [-0.15, -0.1) is 0 Å². The van der Waals surface area contributed by atoms with Crippen molar-refractivity contribution in [3.63, 3.8) is 0 Å². The fourth-order valence-corrected chi connectivity index (χ4v) is 8.96. The van der Waals surface area contributed by atoms with Crippen molar-refractivity contribution in [2.75, 3.05) is 0 Å². The van der Waals surface area contributed by atoms with Crippen molar-refractivity contribution in [3.8, 4) is 62.1 Å². The van der Waals surface area contributed by atoms with Gasteiger partial charge in [0.05, 0.1) is 11.0 Å². The fourth-order valence-electron chi connectivity index (χ4n) is 8.96. The Balaban J connectivity index is 0.967. The summed E-state index contributed by atoms with van der Waals surface area (Å²) in [4.78, 5) is 19.3. The molecule has 3 heterocycles. The lowest BCUT2D eigenvalue weighted by atomic mass is 9.91. The SMILES string of the molecule is c1ccc(-c2nc(-c3ccc(-c4cccnc4)cc3)nc(-c3ccc(-c4ccc5c(c4)c4ccccc4c4cc6c7ccccc7n(-c7ccccc7)c6cc54)cc3)n2)cc1. The molecule has 0 aliphatic carbocycles. The molecular formula is C56H35N5. The Morgan fingerprint density at radius 3 is 1.39 bits per heavy atom. The summed E-state index contributed by atoms with van der Waals surface area (Å²) < 4.78 is 2.40. The molecule has 0 saturated carbocycles. The summed E-state index contributed by atoms with van der Waals surface area (Å²) in [7, 11) is 0. The third-order valence-electron chi connectivity index (χ3n) is 11.9. The van der Waals surface area contributed by atoms with Gasteiger partial charge in [-0.25, -0.2) is 15.0 Å². The van der Waals surface area contributed by atoms with Crippen LogP contribution in [0.1, 0.15) is 0 Å². The summed E-state index contributed by atoms with van der Waals surface area (Å²) in [6.45, 7) is 0. The number of benzene rings is 9. The molecule has 0 spiro atoms. The Morgan fingerprint density at radius 2 is 0.754 bits per heavy atom. The predicted octanol–water partition coefficient (Wildman–Crippen LogP) is 14.2. The zero-order valence-corrected chi connectivity index (χ0v) is 32.9. The first-order valence-electron chi connectivity index (χ1n) is 20.5. The maximum absolute atomic E-state index is 5.03. The largest absolute Gasteiger partial charge is 0.309 e. The molecule has 9 aromatic carbocycles. The Hall–Kier alpha value is -8.28. The number of rotatable bonds is 6. The molecule has 0 bridgehead atoms. The molecule has 0 amide bonds. The van der Waals surface area contributed by atoms with Crippen molar-refractivity contribution >= 4 is 54.1 Å². The van der Waals surface area contributed by atoms with Crippen molar-refractivity contribution in [1.82, 2.24) is 24.5 Å². The highest BCUT2D eigenvalue weighted by atomic mass is 15.0. The topological polar surface area (TPSA) is 56.5 Å². The smallest absolute Gasteiger partial charge is 0.164 e. The van der Waals surface area contributed by atoms with Crippen LogP contribution in [0.5, 0.6) is 0 Å². The molecule has 12 rings (SSSR count). The van der Waals surface area contributed by atoms with E-state index in [1.807, 2.05) is 42.6 Å². The van der Waals surface area contributed by atoms with Crippen molar-refractivity contribution < 1.29 is 0 Å². The van der Waals surface area contributed by atoms with Crippen LogP contribution in [0.25, 0.3) is 116 Å². The predicted molar refractivity (Wildman–Crippen MR) is 252 cm³/mol. The van der Waals surface area contributed by atoms with Gasteiger partial charge in [0.15, 0.2) is 17.5 Å². The Bertz CT molecular complexity index is 3600. The third kappa shape index (κ3) is 5.94. The first kappa shape index (κ1) is 34.7. The molecule has 5 nitrogen and oxygen atoms in total. The van der Waals surface area contributed by atoms with E-state index in [-0.39, 0.29) is 0 Å². The van der Waals surface area contributed by atoms with E-state index in [9.17, 15) is 0 Å². The molecule has 0 aliphatic rings. The summed E-state index contributed by atoms with van der Waals surface area (Å²) >= 11 is 0. The minimum Gasteiger partial charge on any atom is -0.309 e. The molecule has 3 aromatic heterocycles. The number of nitrogens with zero attached hydrogens (tertiary/aromatic N) is 5. The lowest BCUT2D eigenvalue weighted by Gasteiger charge is -2.14. The molecule has 0 N–H and O–H groups in total. The van der Waals surface area contributed by atoms with E-state index in [2.05, 4.69) is 173 Å². The van der Waals surface area contributed by atoms with Crippen LogP contribution in [-0.2, 0) is 0 Å². The first-order chi connectivity index (χ1) is 30.2. The first-order valence-corrected chi connectivity index (χ1v) is 20.5. The quantitative estimate of drug-likeness (QED) is 0.158. The van der Waals surface area contributed by atoms with Crippen LogP contribution in [0.3, 0.4) is 0 Å². The van der Waals surface area contributed by atoms with Crippen LogP contribution in [0.2, 0.25) is 0 Å². The number of hydrogen-bond acceptors (Lipinski definition) is 4. The standard InChI is InChI=1S/C56H35N5/c1-3-12-38(13-4-1)54-58-55(60-56(59-54)40-27-23-37(24-28-40)42-14-11-31-57-35-42)39-25-21-36(22-26-39)41-29-30-46-48(32-41)44-17-7-8-18-45(44)49-33-51-47-19-9-10-20-52(47)61(53(51)34-50(46)49)43-15-5-2-6-16-43/h1-35H. The molecule has 0 atom stereocenters. The van der Waals surface area contributed by atoms with Gasteiger partial charge in [0.25, 0.3) is 0 Å². The summed E-state index contributed by atoms with van der Waals surface area (Å²) in [6, 6.07) is 71.0. The van der Waals surface area contributed by atoms with Gasteiger partial charge in [-0.05, 0) is 97.0 Å². The third-order valence-corrected chi connectivity index (χ3v) is 11.9. The van der Waals surface area contributed by atoms with Crippen LogP contribution in [0.15, 0.2) is 213 Å². The molecule has 0 unspecified atom stereocenters. The second-order valence-electron chi connectivity index (χ2n) is 15.5. The average molecular weight is 778 g/mol. The van der Waals surface area contributed by atoms with Gasteiger partial charge in [-0.2, -0.15) is 0 Å². The van der Waals surface area contributed by atoms with Crippen LogP contribution < -0.4 is 0 Å². The Labute approximate surface area is 351 Å². The monoisotopic (exact) mass is 777 g/mol. The van der Waals surface area contributed by atoms with Gasteiger partial charge >= 0.3 is 0 Å². The zero-order chi connectivity index (χ0) is 40.3. The second-order valence-corrected chi connectivity index (χ2v) is 15.5. The highest BCUT2D eigenvalue weighted by Crippen LogP contribution is 2.42. The van der Waals surface area contributed by atoms with Gasteiger partial charge in [-0.3, -0.25) is 4.98 Å². The van der Waals surface area contributed by atoms with E-state index < -0.39 is 0 Å². The lowest BCUT2D eigenvalue weighted by molar-refractivity contribution is 1.07. The van der Waals surface area contributed by atoms with Crippen LogP contribution in [-0.4, -0.2) is 24.5 Å². The molecule has 0 fully saturated rings.